The highest BCUT2D eigenvalue weighted by molar-refractivity contribution is 5.81. The number of benzene rings is 1. The molecule has 0 bridgehead atoms. The summed E-state index contributed by atoms with van der Waals surface area (Å²) >= 11 is 0. The third-order valence-corrected chi connectivity index (χ3v) is 5.53. The Labute approximate surface area is 152 Å². The van der Waals surface area contributed by atoms with E-state index in [0.29, 0.717) is 18.7 Å². The summed E-state index contributed by atoms with van der Waals surface area (Å²) in [6, 6.07) is 7.64. The topological polar surface area (TPSA) is 49.8 Å². The van der Waals surface area contributed by atoms with Crippen LogP contribution in [-0.4, -0.2) is 42.2 Å². The number of aryl methyl sites for hydroxylation is 1. The van der Waals surface area contributed by atoms with Crippen molar-refractivity contribution >= 4 is 5.97 Å². The quantitative estimate of drug-likeness (QED) is 0.729. The summed E-state index contributed by atoms with van der Waals surface area (Å²) in [5.74, 6) is -0.555. The Bertz CT molecular complexity index is 533. The van der Waals surface area contributed by atoms with E-state index in [1.807, 2.05) is 31.2 Å². The van der Waals surface area contributed by atoms with E-state index in [9.17, 15) is 9.90 Å². The molecule has 1 saturated carbocycles. The standard InChI is InChI=1S/C21H33NO3/c1-4-22(5-2)15-16-25-20(23)21(24,18-9-7-6-8-10-18)19-13-11-17(3)12-14-19/h11-14,18,24H,4-10,15-16H2,1-3H3/t21-/m0/s1. The molecule has 2 rings (SSSR count). The molecule has 0 aromatic heterocycles. The Morgan fingerprint density at radius 1 is 1.16 bits per heavy atom. The van der Waals surface area contributed by atoms with Gasteiger partial charge in [0.25, 0.3) is 0 Å². The molecule has 4 heteroatoms. The van der Waals surface area contributed by atoms with Crippen molar-refractivity contribution in [1.29, 1.82) is 0 Å². The van der Waals surface area contributed by atoms with E-state index in [-0.39, 0.29) is 5.92 Å². The number of ether oxygens (including phenoxy) is 1. The number of carbonyl (C=O) groups excluding carboxylic acids is 1. The van der Waals surface area contributed by atoms with Crippen molar-refractivity contribution in [3.63, 3.8) is 0 Å². The van der Waals surface area contributed by atoms with Gasteiger partial charge in [-0.15, -0.1) is 0 Å². The summed E-state index contributed by atoms with van der Waals surface area (Å²) in [5, 5.41) is 11.5. The fourth-order valence-corrected chi connectivity index (χ4v) is 3.77. The minimum atomic E-state index is -1.53. The van der Waals surface area contributed by atoms with E-state index < -0.39 is 11.6 Å². The van der Waals surface area contributed by atoms with Crippen LogP contribution < -0.4 is 0 Å². The van der Waals surface area contributed by atoms with Gasteiger partial charge in [0.2, 0.25) is 0 Å². The van der Waals surface area contributed by atoms with Crippen molar-refractivity contribution in [3.05, 3.63) is 35.4 Å². The van der Waals surface area contributed by atoms with Gasteiger partial charge in [0.15, 0.2) is 5.60 Å². The fourth-order valence-electron chi connectivity index (χ4n) is 3.77. The molecule has 0 heterocycles. The van der Waals surface area contributed by atoms with Gasteiger partial charge in [-0.1, -0.05) is 62.9 Å². The van der Waals surface area contributed by atoms with E-state index in [1.165, 1.54) is 6.42 Å². The zero-order chi connectivity index (χ0) is 18.3. The molecule has 0 spiro atoms. The van der Waals surface area contributed by atoms with Gasteiger partial charge in [-0.3, -0.25) is 0 Å². The predicted molar refractivity (Wildman–Crippen MR) is 100 cm³/mol. The maximum Gasteiger partial charge on any atom is 0.343 e. The summed E-state index contributed by atoms with van der Waals surface area (Å²) in [4.78, 5) is 15.1. The van der Waals surface area contributed by atoms with Crippen LogP contribution in [0.25, 0.3) is 0 Å². The third-order valence-electron chi connectivity index (χ3n) is 5.53. The molecule has 140 valence electrons. The Balaban J connectivity index is 2.15. The van der Waals surface area contributed by atoms with Crippen LogP contribution in [0.4, 0.5) is 0 Å². The van der Waals surface area contributed by atoms with Crippen LogP contribution in [-0.2, 0) is 15.1 Å². The first-order chi connectivity index (χ1) is 12.0. The molecular formula is C21H33NO3. The summed E-state index contributed by atoms with van der Waals surface area (Å²) < 4.78 is 5.55. The van der Waals surface area contributed by atoms with Crippen molar-refractivity contribution in [2.75, 3.05) is 26.2 Å². The molecule has 1 N–H and O–H groups in total. The van der Waals surface area contributed by atoms with Crippen LogP contribution in [0.15, 0.2) is 24.3 Å². The third kappa shape index (κ3) is 4.83. The normalized spacial score (nSPS) is 18.1. The number of rotatable bonds is 8. The number of esters is 1. The highest BCUT2D eigenvalue weighted by Gasteiger charge is 2.47. The molecule has 4 nitrogen and oxygen atoms in total. The SMILES string of the molecule is CCN(CC)CCOC(=O)[C@@](O)(c1ccc(C)cc1)C1CCCCC1. The summed E-state index contributed by atoms with van der Waals surface area (Å²) in [7, 11) is 0. The molecule has 1 atom stereocenters. The van der Waals surface area contributed by atoms with Crippen LogP contribution in [0.3, 0.4) is 0 Å². The van der Waals surface area contributed by atoms with Crippen molar-refractivity contribution in [2.45, 2.75) is 58.5 Å². The molecule has 1 aromatic carbocycles. The molecule has 0 amide bonds. The lowest BCUT2D eigenvalue weighted by atomic mass is 9.73. The second kappa shape index (κ2) is 9.35. The minimum absolute atomic E-state index is 0.0649. The number of hydrogen-bond acceptors (Lipinski definition) is 4. The highest BCUT2D eigenvalue weighted by atomic mass is 16.5. The van der Waals surface area contributed by atoms with Gasteiger partial charge < -0.3 is 14.7 Å². The maximum atomic E-state index is 12.9. The summed E-state index contributed by atoms with van der Waals surface area (Å²) in [6.07, 6.45) is 5.04. The highest BCUT2D eigenvalue weighted by Crippen LogP contribution is 2.40. The second-order valence-corrected chi connectivity index (χ2v) is 7.13. The van der Waals surface area contributed by atoms with E-state index >= 15 is 0 Å². The van der Waals surface area contributed by atoms with E-state index in [4.69, 9.17) is 4.74 Å². The van der Waals surface area contributed by atoms with Gasteiger partial charge >= 0.3 is 5.97 Å². The lowest BCUT2D eigenvalue weighted by Crippen LogP contribution is -2.45. The molecule has 0 unspecified atom stereocenters. The maximum absolute atomic E-state index is 12.9. The summed E-state index contributed by atoms with van der Waals surface area (Å²) in [5.41, 5.74) is 0.250. The van der Waals surface area contributed by atoms with Crippen molar-refractivity contribution in [2.24, 2.45) is 5.92 Å². The number of hydrogen-bond donors (Lipinski definition) is 1. The first-order valence-corrected chi connectivity index (χ1v) is 9.71. The van der Waals surface area contributed by atoms with Gasteiger partial charge in [-0.25, -0.2) is 4.79 Å². The lowest BCUT2D eigenvalue weighted by Gasteiger charge is -2.37. The van der Waals surface area contributed by atoms with Crippen LogP contribution in [0.2, 0.25) is 0 Å². The Kier molecular flexibility index (Phi) is 7.45. The first kappa shape index (κ1) is 19.9. The van der Waals surface area contributed by atoms with Gasteiger partial charge in [-0.2, -0.15) is 0 Å². The lowest BCUT2D eigenvalue weighted by molar-refractivity contribution is -0.176. The molecule has 0 aliphatic heterocycles. The van der Waals surface area contributed by atoms with Crippen molar-refractivity contribution in [3.8, 4) is 0 Å². The molecule has 0 saturated heterocycles. The number of aliphatic hydroxyl groups is 1. The smallest absolute Gasteiger partial charge is 0.343 e. The average molecular weight is 347 g/mol. The zero-order valence-corrected chi connectivity index (χ0v) is 16.0. The molecule has 1 aliphatic carbocycles. The monoisotopic (exact) mass is 347 g/mol. The predicted octanol–water partition coefficient (Wildman–Crippen LogP) is 3.65. The van der Waals surface area contributed by atoms with Crippen LogP contribution in [0.1, 0.15) is 57.1 Å². The largest absolute Gasteiger partial charge is 0.462 e. The van der Waals surface area contributed by atoms with E-state index in [0.717, 1.165) is 44.3 Å². The Morgan fingerprint density at radius 3 is 2.32 bits per heavy atom. The Morgan fingerprint density at radius 2 is 1.76 bits per heavy atom. The number of likely N-dealkylation sites (N-methyl/N-ethyl adjacent to an activating group) is 1. The van der Waals surface area contributed by atoms with Gasteiger partial charge in [-0.05, 0) is 38.4 Å². The van der Waals surface area contributed by atoms with E-state index in [2.05, 4.69) is 18.7 Å². The molecule has 1 fully saturated rings. The second-order valence-electron chi connectivity index (χ2n) is 7.13. The Hall–Kier alpha value is -1.39. The van der Waals surface area contributed by atoms with Crippen LogP contribution in [0, 0.1) is 12.8 Å². The first-order valence-electron chi connectivity index (χ1n) is 9.71. The van der Waals surface area contributed by atoms with Gasteiger partial charge in [0.05, 0.1) is 0 Å². The van der Waals surface area contributed by atoms with Crippen molar-refractivity contribution in [1.82, 2.24) is 4.90 Å². The van der Waals surface area contributed by atoms with Crippen molar-refractivity contribution < 1.29 is 14.6 Å². The fraction of sp³-hybridized carbons (Fsp3) is 0.667. The number of nitrogens with zero attached hydrogens (tertiary/aromatic N) is 1. The molecule has 1 aliphatic rings. The van der Waals surface area contributed by atoms with Gasteiger partial charge in [0.1, 0.15) is 6.61 Å². The number of carbonyl (C=O) groups is 1. The molecular weight excluding hydrogens is 314 g/mol. The van der Waals surface area contributed by atoms with Gasteiger partial charge in [0, 0.05) is 12.5 Å². The molecule has 0 radical (unpaired) electrons. The minimum Gasteiger partial charge on any atom is -0.462 e. The van der Waals surface area contributed by atoms with Crippen LogP contribution >= 0.6 is 0 Å². The summed E-state index contributed by atoms with van der Waals surface area (Å²) in [6.45, 7) is 9.07. The van der Waals surface area contributed by atoms with Crippen LogP contribution in [0.5, 0.6) is 0 Å². The average Bonchev–Trinajstić information content (AvgIpc) is 2.65. The van der Waals surface area contributed by atoms with E-state index in [1.54, 1.807) is 0 Å². The zero-order valence-electron chi connectivity index (χ0n) is 16.0. The molecule has 1 aromatic rings. The molecule has 25 heavy (non-hydrogen) atoms.